The van der Waals surface area contributed by atoms with E-state index < -0.39 is 4.92 Å². The van der Waals surface area contributed by atoms with Gasteiger partial charge in [-0.2, -0.15) is 0 Å². The first kappa shape index (κ1) is 12.8. The molecular weight excluding hydrogens is 224 g/mol. The van der Waals surface area contributed by atoms with E-state index in [0.29, 0.717) is 5.69 Å². The van der Waals surface area contributed by atoms with Crippen LogP contribution < -0.4 is 4.90 Å². The number of nitrogens with zero attached hydrogens (tertiary/aromatic N) is 2. The predicted molar refractivity (Wildman–Crippen MR) is 61.8 cm³/mol. The normalized spacial score (nSPS) is 9.76. The smallest absolute Gasteiger partial charge is 0.269 e. The van der Waals surface area contributed by atoms with Crippen LogP contribution in [0.3, 0.4) is 0 Å². The van der Waals surface area contributed by atoms with Crippen LogP contribution in [0.4, 0.5) is 11.4 Å². The van der Waals surface area contributed by atoms with E-state index in [1.807, 2.05) is 0 Å². The molecule has 0 spiro atoms. The number of ketones is 1. The number of benzene rings is 1. The predicted octanol–water partition coefficient (Wildman–Crippen LogP) is 1.54. The fourth-order valence-corrected chi connectivity index (χ4v) is 1.36. The number of hydrogen-bond donors (Lipinski definition) is 0. The molecule has 0 saturated heterocycles. The number of non-ortho nitro benzene ring substituents is 1. The molecule has 0 saturated carbocycles. The average molecular weight is 236 g/mol. The van der Waals surface area contributed by atoms with Crippen molar-refractivity contribution in [1.29, 1.82) is 0 Å². The number of hydrogen-bond acceptors (Lipinski definition) is 4. The van der Waals surface area contributed by atoms with Gasteiger partial charge in [0.2, 0.25) is 5.91 Å². The fraction of sp³-hybridized carbons (Fsp3) is 0.273. The molecule has 6 heteroatoms. The van der Waals surface area contributed by atoms with Crippen molar-refractivity contribution in [3.05, 3.63) is 34.4 Å². The van der Waals surface area contributed by atoms with Gasteiger partial charge in [0.05, 0.1) is 11.5 Å². The van der Waals surface area contributed by atoms with E-state index >= 15 is 0 Å². The Morgan fingerprint density at radius 1 is 1.24 bits per heavy atom. The third-order valence-corrected chi connectivity index (χ3v) is 2.13. The van der Waals surface area contributed by atoms with Crippen molar-refractivity contribution >= 4 is 23.1 Å². The first-order chi connectivity index (χ1) is 7.91. The van der Waals surface area contributed by atoms with Gasteiger partial charge >= 0.3 is 0 Å². The molecule has 6 nitrogen and oxygen atoms in total. The van der Waals surface area contributed by atoms with Gasteiger partial charge in [-0.15, -0.1) is 0 Å². The summed E-state index contributed by atoms with van der Waals surface area (Å²) in [5.41, 5.74) is 0.415. The van der Waals surface area contributed by atoms with Gasteiger partial charge in [-0.3, -0.25) is 19.7 Å². The fourth-order valence-electron chi connectivity index (χ4n) is 1.36. The molecule has 0 aliphatic rings. The first-order valence-corrected chi connectivity index (χ1v) is 4.94. The van der Waals surface area contributed by atoms with Crippen molar-refractivity contribution in [2.45, 2.75) is 13.8 Å². The lowest BCUT2D eigenvalue weighted by Crippen LogP contribution is -2.32. The number of carbonyl (C=O) groups excluding carboxylic acids is 2. The highest BCUT2D eigenvalue weighted by atomic mass is 16.6. The SMILES string of the molecule is CC(=O)CN(C(C)=O)c1ccc([N+](=O)[O-])cc1. The van der Waals surface area contributed by atoms with E-state index in [4.69, 9.17) is 0 Å². The molecule has 1 amide bonds. The molecule has 1 aromatic rings. The number of anilines is 1. The van der Waals surface area contributed by atoms with Crippen LogP contribution in [0.1, 0.15) is 13.8 Å². The highest BCUT2D eigenvalue weighted by Crippen LogP contribution is 2.19. The molecule has 17 heavy (non-hydrogen) atoms. The van der Waals surface area contributed by atoms with Crippen LogP contribution in [0.15, 0.2) is 24.3 Å². The number of rotatable bonds is 4. The summed E-state index contributed by atoms with van der Waals surface area (Å²) >= 11 is 0. The van der Waals surface area contributed by atoms with E-state index in [9.17, 15) is 19.7 Å². The van der Waals surface area contributed by atoms with Gasteiger partial charge in [0.25, 0.3) is 5.69 Å². The first-order valence-electron chi connectivity index (χ1n) is 4.94. The summed E-state index contributed by atoms with van der Waals surface area (Å²) in [4.78, 5) is 33.6. The second-order valence-electron chi connectivity index (χ2n) is 3.58. The van der Waals surface area contributed by atoms with Crippen LogP contribution in [-0.4, -0.2) is 23.2 Å². The molecule has 0 unspecified atom stereocenters. The molecule has 1 rings (SSSR count). The second-order valence-corrected chi connectivity index (χ2v) is 3.58. The summed E-state index contributed by atoms with van der Waals surface area (Å²) in [6.45, 7) is 2.68. The molecule has 0 atom stereocenters. The average Bonchev–Trinajstić information content (AvgIpc) is 2.25. The molecule has 0 aromatic heterocycles. The highest BCUT2D eigenvalue weighted by molar-refractivity contribution is 5.97. The van der Waals surface area contributed by atoms with Crippen molar-refractivity contribution in [2.24, 2.45) is 0 Å². The van der Waals surface area contributed by atoms with Crippen LogP contribution in [0.25, 0.3) is 0 Å². The lowest BCUT2D eigenvalue weighted by molar-refractivity contribution is -0.384. The summed E-state index contributed by atoms with van der Waals surface area (Å²) in [6, 6.07) is 5.49. The van der Waals surface area contributed by atoms with Crippen LogP contribution in [-0.2, 0) is 9.59 Å². The van der Waals surface area contributed by atoms with Crippen molar-refractivity contribution in [1.82, 2.24) is 0 Å². The maximum Gasteiger partial charge on any atom is 0.269 e. The zero-order chi connectivity index (χ0) is 13.0. The van der Waals surface area contributed by atoms with Crippen molar-refractivity contribution in [3.8, 4) is 0 Å². The molecule has 0 N–H and O–H groups in total. The topological polar surface area (TPSA) is 80.5 Å². The Balaban J connectivity index is 2.99. The molecule has 0 heterocycles. The van der Waals surface area contributed by atoms with E-state index in [2.05, 4.69) is 0 Å². The Morgan fingerprint density at radius 2 is 1.76 bits per heavy atom. The van der Waals surface area contributed by atoms with E-state index in [1.165, 1.54) is 43.0 Å². The highest BCUT2D eigenvalue weighted by Gasteiger charge is 2.14. The summed E-state index contributed by atoms with van der Waals surface area (Å²) in [5.74, 6) is -0.437. The quantitative estimate of drug-likeness (QED) is 0.586. The number of Topliss-reactive ketones (excluding diaryl/α,β-unsaturated/α-hetero) is 1. The van der Waals surface area contributed by atoms with Crippen molar-refractivity contribution in [3.63, 3.8) is 0 Å². The summed E-state index contributed by atoms with van der Waals surface area (Å²) in [6.07, 6.45) is 0. The van der Waals surface area contributed by atoms with Gasteiger partial charge in [-0.25, -0.2) is 0 Å². The zero-order valence-electron chi connectivity index (χ0n) is 9.54. The van der Waals surface area contributed by atoms with Crippen LogP contribution >= 0.6 is 0 Å². The van der Waals surface area contributed by atoms with Gasteiger partial charge < -0.3 is 4.90 Å². The van der Waals surface area contributed by atoms with Gasteiger partial charge in [-0.1, -0.05) is 0 Å². The molecule has 0 aliphatic carbocycles. The van der Waals surface area contributed by atoms with E-state index in [0.717, 1.165) is 0 Å². The Bertz CT molecular complexity index is 453. The number of nitro groups is 1. The number of carbonyl (C=O) groups is 2. The molecule has 0 fully saturated rings. The van der Waals surface area contributed by atoms with Gasteiger partial charge in [0.1, 0.15) is 5.78 Å². The van der Waals surface area contributed by atoms with Crippen LogP contribution in [0.2, 0.25) is 0 Å². The minimum Gasteiger partial charge on any atom is -0.305 e. The van der Waals surface area contributed by atoms with E-state index in [1.54, 1.807) is 0 Å². The molecule has 0 bridgehead atoms. The Hall–Kier alpha value is -2.24. The van der Waals surface area contributed by atoms with Gasteiger partial charge in [0, 0.05) is 24.7 Å². The summed E-state index contributed by atoms with van der Waals surface area (Å²) in [5, 5.41) is 10.5. The second kappa shape index (κ2) is 5.20. The Labute approximate surface area is 98.0 Å². The zero-order valence-corrected chi connectivity index (χ0v) is 9.54. The van der Waals surface area contributed by atoms with E-state index in [-0.39, 0.29) is 23.9 Å². The third-order valence-electron chi connectivity index (χ3n) is 2.13. The number of nitro benzene ring substituents is 1. The molecule has 0 aliphatic heterocycles. The van der Waals surface area contributed by atoms with Crippen molar-refractivity contribution in [2.75, 3.05) is 11.4 Å². The minimum atomic E-state index is -0.521. The third kappa shape index (κ3) is 3.37. The maximum absolute atomic E-state index is 11.3. The molecule has 90 valence electrons. The Kier molecular flexibility index (Phi) is 3.92. The largest absolute Gasteiger partial charge is 0.305 e. The molecular formula is C11H12N2O4. The lowest BCUT2D eigenvalue weighted by atomic mass is 10.2. The Morgan fingerprint density at radius 3 is 2.12 bits per heavy atom. The minimum absolute atomic E-state index is 0.0346. The molecule has 0 radical (unpaired) electrons. The summed E-state index contributed by atoms with van der Waals surface area (Å²) < 4.78 is 0. The lowest BCUT2D eigenvalue weighted by Gasteiger charge is -2.19. The van der Waals surface area contributed by atoms with Crippen LogP contribution in [0.5, 0.6) is 0 Å². The standard InChI is InChI=1S/C11H12N2O4/c1-8(14)7-12(9(2)15)10-3-5-11(6-4-10)13(16)17/h3-6H,7H2,1-2H3. The van der Waals surface area contributed by atoms with Crippen molar-refractivity contribution < 1.29 is 14.5 Å². The van der Waals surface area contributed by atoms with Crippen LogP contribution in [0, 0.1) is 10.1 Å². The maximum atomic E-state index is 11.3. The number of amides is 1. The molecule has 1 aromatic carbocycles. The monoisotopic (exact) mass is 236 g/mol. The van der Waals surface area contributed by atoms with Gasteiger partial charge in [0.15, 0.2) is 0 Å². The van der Waals surface area contributed by atoms with Gasteiger partial charge in [-0.05, 0) is 19.1 Å². The summed E-state index contributed by atoms with van der Waals surface area (Å²) in [7, 11) is 0.